The standard InChI is InChI=1S/C20H25N5S.HI/c1-16(18-9-13-26-15-18)14-23-20(21-2)22-11-8-17-4-6-19(7-5-17)25-12-3-10-24-25;/h3-7,9-10,12-13,15-16H,8,11,14H2,1-2H3,(H2,21,22,23);1H. The highest BCUT2D eigenvalue weighted by Gasteiger charge is 2.07. The van der Waals surface area contributed by atoms with Gasteiger partial charge in [-0.15, -0.1) is 24.0 Å². The van der Waals surface area contributed by atoms with E-state index in [4.69, 9.17) is 0 Å². The zero-order chi connectivity index (χ0) is 18.2. The third-order valence-corrected chi connectivity index (χ3v) is 5.02. The van der Waals surface area contributed by atoms with Crippen LogP contribution in [0.4, 0.5) is 0 Å². The number of halogens is 1. The van der Waals surface area contributed by atoms with Crippen LogP contribution in [0.25, 0.3) is 5.69 Å². The fourth-order valence-corrected chi connectivity index (χ4v) is 3.49. The fraction of sp³-hybridized carbons (Fsp3) is 0.300. The van der Waals surface area contributed by atoms with Crippen molar-refractivity contribution in [1.29, 1.82) is 0 Å². The number of thiophene rings is 1. The summed E-state index contributed by atoms with van der Waals surface area (Å²) in [5.74, 6) is 1.31. The summed E-state index contributed by atoms with van der Waals surface area (Å²) >= 11 is 1.74. The van der Waals surface area contributed by atoms with Crippen LogP contribution in [0, 0.1) is 0 Å². The predicted octanol–water partition coefficient (Wildman–Crippen LogP) is 4.06. The van der Waals surface area contributed by atoms with E-state index in [1.807, 2.05) is 24.0 Å². The molecule has 2 N–H and O–H groups in total. The molecule has 144 valence electrons. The molecule has 0 amide bonds. The molecule has 0 aliphatic rings. The third kappa shape index (κ3) is 6.35. The molecule has 1 unspecified atom stereocenters. The van der Waals surface area contributed by atoms with Crippen molar-refractivity contribution < 1.29 is 0 Å². The second-order valence-electron chi connectivity index (χ2n) is 6.20. The largest absolute Gasteiger partial charge is 0.356 e. The molecule has 0 saturated heterocycles. The van der Waals surface area contributed by atoms with Crippen molar-refractivity contribution in [3.8, 4) is 5.69 Å². The molecule has 3 rings (SSSR count). The lowest BCUT2D eigenvalue weighted by Crippen LogP contribution is -2.39. The number of nitrogens with zero attached hydrogens (tertiary/aromatic N) is 3. The van der Waals surface area contributed by atoms with Crippen LogP contribution in [0.1, 0.15) is 24.0 Å². The summed E-state index contributed by atoms with van der Waals surface area (Å²) in [6, 6.07) is 12.6. The fourth-order valence-electron chi connectivity index (χ4n) is 2.71. The van der Waals surface area contributed by atoms with Crippen LogP contribution < -0.4 is 10.6 Å². The number of nitrogens with one attached hydrogen (secondary N) is 2. The lowest BCUT2D eigenvalue weighted by Gasteiger charge is -2.15. The van der Waals surface area contributed by atoms with Crippen LogP contribution in [-0.4, -0.2) is 35.9 Å². The maximum Gasteiger partial charge on any atom is 0.191 e. The van der Waals surface area contributed by atoms with Gasteiger partial charge in [-0.2, -0.15) is 16.4 Å². The Balaban J connectivity index is 0.00000261. The van der Waals surface area contributed by atoms with E-state index in [9.17, 15) is 0 Å². The minimum absolute atomic E-state index is 0. The lowest BCUT2D eigenvalue weighted by molar-refractivity contribution is 0.700. The van der Waals surface area contributed by atoms with Gasteiger partial charge in [0.05, 0.1) is 5.69 Å². The number of aromatic nitrogens is 2. The summed E-state index contributed by atoms with van der Waals surface area (Å²) in [7, 11) is 1.81. The molecule has 1 aromatic carbocycles. The highest BCUT2D eigenvalue weighted by atomic mass is 127. The van der Waals surface area contributed by atoms with Gasteiger partial charge in [-0.3, -0.25) is 4.99 Å². The highest BCUT2D eigenvalue weighted by Crippen LogP contribution is 2.17. The van der Waals surface area contributed by atoms with Gasteiger partial charge in [0.25, 0.3) is 0 Å². The predicted molar refractivity (Wildman–Crippen MR) is 125 cm³/mol. The first-order valence-corrected chi connectivity index (χ1v) is 9.76. The summed E-state index contributed by atoms with van der Waals surface area (Å²) in [5, 5.41) is 15.4. The van der Waals surface area contributed by atoms with Gasteiger partial charge in [0, 0.05) is 32.5 Å². The summed E-state index contributed by atoms with van der Waals surface area (Å²) in [6.07, 6.45) is 4.68. The lowest BCUT2D eigenvalue weighted by atomic mass is 10.1. The molecular formula is C20H26IN5S. The van der Waals surface area contributed by atoms with Gasteiger partial charge >= 0.3 is 0 Å². The summed E-state index contributed by atoms with van der Waals surface area (Å²) in [4.78, 5) is 4.31. The zero-order valence-electron chi connectivity index (χ0n) is 15.6. The van der Waals surface area contributed by atoms with Crippen LogP contribution in [0.15, 0.2) is 64.5 Å². The quantitative estimate of drug-likeness (QED) is 0.295. The van der Waals surface area contributed by atoms with Gasteiger partial charge in [-0.05, 0) is 58.5 Å². The summed E-state index contributed by atoms with van der Waals surface area (Å²) in [5.41, 5.74) is 3.73. The minimum atomic E-state index is 0. The number of guanidine groups is 1. The maximum atomic E-state index is 4.31. The van der Waals surface area contributed by atoms with Gasteiger partial charge in [0.1, 0.15) is 0 Å². The van der Waals surface area contributed by atoms with Gasteiger partial charge in [0.15, 0.2) is 5.96 Å². The molecule has 0 aliphatic carbocycles. The average Bonchev–Trinajstić information content (AvgIpc) is 3.39. The molecule has 0 spiro atoms. The number of rotatable bonds is 7. The molecule has 0 bridgehead atoms. The number of aliphatic imine (C=N–C) groups is 1. The van der Waals surface area contributed by atoms with E-state index in [1.54, 1.807) is 17.5 Å². The maximum absolute atomic E-state index is 4.31. The molecule has 5 nitrogen and oxygen atoms in total. The van der Waals surface area contributed by atoms with Crippen molar-refractivity contribution >= 4 is 41.3 Å². The van der Waals surface area contributed by atoms with Crippen molar-refractivity contribution in [2.24, 2.45) is 4.99 Å². The first-order chi connectivity index (χ1) is 12.8. The molecule has 3 aromatic rings. The van der Waals surface area contributed by atoms with Crippen molar-refractivity contribution in [1.82, 2.24) is 20.4 Å². The SMILES string of the molecule is CN=C(NCCc1ccc(-n2cccn2)cc1)NCC(C)c1ccsc1.I. The Morgan fingerprint density at radius 1 is 1.22 bits per heavy atom. The van der Waals surface area contributed by atoms with Crippen molar-refractivity contribution in [2.75, 3.05) is 20.1 Å². The van der Waals surface area contributed by atoms with E-state index in [1.165, 1.54) is 11.1 Å². The van der Waals surface area contributed by atoms with Gasteiger partial charge < -0.3 is 10.6 Å². The molecule has 27 heavy (non-hydrogen) atoms. The Bertz CT molecular complexity index is 798. The smallest absolute Gasteiger partial charge is 0.191 e. The number of hydrogen-bond donors (Lipinski definition) is 2. The van der Waals surface area contributed by atoms with E-state index in [0.29, 0.717) is 5.92 Å². The topological polar surface area (TPSA) is 54.2 Å². The normalized spacial score (nSPS) is 12.3. The molecule has 0 radical (unpaired) electrons. The Morgan fingerprint density at radius 2 is 2.04 bits per heavy atom. The van der Waals surface area contributed by atoms with Gasteiger partial charge in [-0.1, -0.05) is 19.1 Å². The van der Waals surface area contributed by atoms with Crippen LogP contribution in [0.5, 0.6) is 0 Å². The third-order valence-electron chi connectivity index (χ3n) is 4.32. The summed E-state index contributed by atoms with van der Waals surface area (Å²) in [6.45, 7) is 3.94. The van der Waals surface area contributed by atoms with E-state index in [0.717, 1.165) is 31.2 Å². The molecule has 2 heterocycles. The minimum Gasteiger partial charge on any atom is -0.356 e. The second kappa shape index (κ2) is 11.1. The second-order valence-corrected chi connectivity index (χ2v) is 6.98. The van der Waals surface area contributed by atoms with Crippen molar-refractivity contribution in [3.05, 3.63) is 70.7 Å². The molecule has 1 atom stereocenters. The molecule has 0 aliphatic heterocycles. The molecule has 7 heteroatoms. The van der Waals surface area contributed by atoms with Gasteiger partial charge in [0.2, 0.25) is 0 Å². The molecule has 2 aromatic heterocycles. The Hall–Kier alpha value is -1.87. The van der Waals surface area contributed by atoms with E-state index in [2.05, 4.69) is 68.7 Å². The van der Waals surface area contributed by atoms with E-state index < -0.39 is 0 Å². The zero-order valence-corrected chi connectivity index (χ0v) is 18.8. The Kier molecular flexibility index (Phi) is 8.80. The Morgan fingerprint density at radius 3 is 2.67 bits per heavy atom. The van der Waals surface area contributed by atoms with Gasteiger partial charge in [-0.25, -0.2) is 4.68 Å². The Labute approximate surface area is 181 Å². The van der Waals surface area contributed by atoms with Crippen LogP contribution in [0.3, 0.4) is 0 Å². The van der Waals surface area contributed by atoms with E-state index >= 15 is 0 Å². The molecular weight excluding hydrogens is 469 g/mol. The van der Waals surface area contributed by atoms with Crippen molar-refractivity contribution in [3.63, 3.8) is 0 Å². The van der Waals surface area contributed by atoms with Crippen molar-refractivity contribution in [2.45, 2.75) is 19.3 Å². The van der Waals surface area contributed by atoms with Crippen LogP contribution in [0.2, 0.25) is 0 Å². The average molecular weight is 495 g/mol. The number of hydrogen-bond acceptors (Lipinski definition) is 3. The number of benzene rings is 1. The van der Waals surface area contributed by atoms with Crippen LogP contribution >= 0.6 is 35.3 Å². The monoisotopic (exact) mass is 495 g/mol. The first kappa shape index (κ1) is 21.4. The first-order valence-electron chi connectivity index (χ1n) is 8.82. The summed E-state index contributed by atoms with van der Waals surface area (Å²) < 4.78 is 1.86. The highest BCUT2D eigenvalue weighted by molar-refractivity contribution is 14.0. The molecule has 0 fully saturated rings. The van der Waals surface area contributed by atoms with E-state index in [-0.39, 0.29) is 24.0 Å². The molecule has 0 saturated carbocycles. The van der Waals surface area contributed by atoms with Crippen LogP contribution in [-0.2, 0) is 6.42 Å².